The number of rotatable bonds is 2. The topological polar surface area (TPSA) is 54.5 Å². The van der Waals surface area contributed by atoms with Crippen molar-refractivity contribution in [3.63, 3.8) is 0 Å². The molecule has 0 amide bonds. The molecule has 0 aliphatic carbocycles. The number of hydrogen-bond acceptors (Lipinski definition) is 5. The number of hydrogen-bond donors (Lipinski definition) is 3. The van der Waals surface area contributed by atoms with Gasteiger partial charge in [-0.15, -0.1) is 0 Å². The van der Waals surface area contributed by atoms with E-state index in [1.807, 2.05) is 13.1 Å². The average Bonchev–Trinajstić information content (AvgIpc) is 2.87. The largest absolute Gasteiger partial charge is 0.494 e. The van der Waals surface area contributed by atoms with Crippen molar-refractivity contribution in [2.75, 3.05) is 17.7 Å². The minimum Gasteiger partial charge on any atom is -0.399 e. The molecule has 1 unspecified atom stereocenters. The molecule has 2 heterocycles. The normalized spacial score (nSPS) is 26.1. The van der Waals surface area contributed by atoms with Crippen LogP contribution >= 0.6 is 0 Å². The zero-order chi connectivity index (χ0) is 14.5. The third-order valence-corrected chi connectivity index (χ3v) is 4.46. The summed E-state index contributed by atoms with van der Waals surface area (Å²) in [6.45, 7) is 8.27. The Morgan fingerprint density at radius 2 is 1.65 bits per heavy atom. The fraction of sp³-hybridized carbons (Fsp3) is 0.571. The maximum absolute atomic E-state index is 6.08. The summed E-state index contributed by atoms with van der Waals surface area (Å²) >= 11 is 0. The van der Waals surface area contributed by atoms with Crippen LogP contribution in [0.1, 0.15) is 27.7 Å². The first kappa shape index (κ1) is 13.7. The van der Waals surface area contributed by atoms with Gasteiger partial charge in [0.1, 0.15) is 0 Å². The number of benzene rings is 1. The summed E-state index contributed by atoms with van der Waals surface area (Å²) in [5.41, 5.74) is 2.57. The van der Waals surface area contributed by atoms with Crippen molar-refractivity contribution in [2.45, 2.75) is 45.2 Å². The highest BCUT2D eigenvalue weighted by molar-refractivity contribution is 6.62. The minimum atomic E-state index is -0.319. The highest BCUT2D eigenvalue weighted by atomic mass is 16.7. The molecular formula is C14H22BN3O2. The third-order valence-electron chi connectivity index (χ3n) is 4.46. The number of anilines is 2. The maximum Gasteiger partial charge on any atom is 0.494 e. The third kappa shape index (κ3) is 2.08. The highest BCUT2D eigenvalue weighted by Crippen LogP contribution is 2.37. The molecular weight excluding hydrogens is 253 g/mol. The fourth-order valence-electron chi connectivity index (χ4n) is 2.42. The van der Waals surface area contributed by atoms with Crippen LogP contribution in [0.15, 0.2) is 18.2 Å². The number of nitrogens with one attached hydrogen (secondary N) is 3. The van der Waals surface area contributed by atoms with Gasteiger partial charge in [0, 0.05) is 0 Å². The van der Waals surface area contributed by atoms with Gasteiger partial charge >= 0.3 is 7.12 Å². The van der Waals surface area contributed by atoms with E-state index in [0.29, 0.717) is 0 Å². The Morgan fingerprint density at radius 1 is 1.05 bits per heavy atom. The fourth-order valence-corrected chi connectivity index (χ4v) is 2.42. The molecule has 1 aromatic rings. The quantitative estimate of drug-likeness (QED) is 0.711. The van der Waals surface area contributed by atoms with E-state index in [-0.39, 0.29) is 24.6 Å². The summed E-state index contributed by atoms with van der Waals surface area (Å²) in [5.74, 6) is 0. The Kier molecular flexibility index (Phi) is 3.01. The predicted octanol–water partition coefficient (Wildman–Crippen LogP) is 1.33. The lowest BCUT2D eigenvalue weighted by Crippen LogP contribution is -2.41. The van der Waals surface area contributed by atoms with Gasteiger partial charge in [0.25, 0.3) is 0 Å². The second-order valence-electron chi connectivity index (χ2n) is 6.40. The van der Waals surface area contributed by atoms with Crippen LogP contribution in [-0.4, -0.2) is 31.7 Å². The van der Waals surface area contributed by atoms with Gasteiger partial charge in [0.05, 0.1) is 22.6 Å². The van der Waals surface area contributed by atoms with Gasteiger partial charge in [0.2, 0.25) is 0 Å². The van der Waals surface area contributed by atoms with E-state index in [1.165, 1.54) is 0 Å². The Bertz CT molecular complexity index is 517. The minimum absolute atomic E-state index is 0.0681. The van der Waals surface area contributed by atoms with Gasteiger partial charge in [-0.3, -0.25) is 5.32 Å². The first-order valence-electron chi connectivity index (χ1n) is 7.02. The summed E-state index contributed by atoms with van der Waals surface area (Å²) in [7, 11) is 1.59. The predicted molar refractivity (Wildman–Crippen MR) is 82.3 cm³/mol. The number of fused-ring (bicyclic) bond motifs is 1. The van der Waals surface area contributed by atoms with Crippen LogP contribution in [0, 0.1) is 0 Å². The maximum atomic E-state index is 6.08. The van der Waals surface area contributed by atoms with Crippen molar-refractivity contribution in [2.24, 2.45) is 0 Å². The van der Waals surface area contributed by atoms with E-state index in [2.05, 4.69) is 55.8 Å². The zero-order valence-corrected chi connectivity index (χ0v) is 12.7. The van der Waals surface area contributed by atoms with Crippen LogP contribution in [0.25, 0.3) is 0 Å². The van der Waals surface area contributed by atoms with Gasteiger partial charge < -0.3 is 19.9 Å². The van der Waals surface area contributed by atoms with Gasteiger partial charge in [-0.25, -0.2) is 0 Å². The van der Waals surface area contributed by atoms with Crippen LogP contribution in [0.4, 0.5) is 11.4 Å². The Hall–Kier alpha value is -1.24. The molecule has 1 atom stereocenters. The molecule has 3 rings (SSSR count). The van der Waals surface area contributed by atoms with Gasteiger partial charge in [-0.2, -0.15) is 0 Å². The van der Waals surface area contributed by atoms with Gasteiger partial charge in [-0.05, 0) is 52.3 Å². The molecule has 108 valence electrons. The van der Waals surface area contributed by atoms with Crippen LogP contribution in [0.2, 0.25) is 0 Å². The van der Waals surface area contributed by atoms with Crippen LogP contribution in [0.5, 0.6) is 0 Å². The molecule has 0 spiro atoms. The molecule has 2 aliphatic heterocycles. The van der Waals surface area contributed by atoms with Crippen molar-refractivity contribution in [3.05, 3.63) is 18.2 Å². The van der Waals surface area contributed by atoms with Crippen LogP contribution < -0.4 is 21.4 Å². The van der Waals surface area contributed by atoms with E-state index < -0.39 is 0 Å². The molecule has 6 heteroatoms. The van der Waals surface area contributed by atoms with Gasteiger partial charge in [-0.1, -0.05) is 6.07 Å². The second-order valence-corrected chi connectivity index (χ2v) is 6.40. The monoisotopic (exact) mass is 275 g/mol. The molecule has 5 nitrogen and oxygen atoms in total. The smallest absolute Gasteiger partial charge is 0.399 e. The average molecular weight is 275 g/mol. The summed E-state index contributed by atoms with van der Waals surface area (Å²) in [6.07, 6.45) is 0.0681. The van der Waals surface area contributed by atoms with Crippen molar-refractivity contribution in [3.8, 4) is 0 Å². The summed E-state index contributed by atoms with van der Waals surface area (Å²) in [5, 5.41) is 9.83. The van der Waals surface area contributed by atoms with Crippen molar-refractivity contribution in [1.82, 2.24) is 5.32 Å². The molecule has 20 heavy (non-hydrogen) atoms. The van der Waals surface area contributed by atoms with E-state index in [9.17, 15) is 0 Å². The van der Waals surface area contributed by atoms with Gasteiger partial charge in [0.15, 0.2) is 6.29 Å². The zero-order valence-electron chi connectivity index (χ0n) is 12.7. The lowest BCUT2D eigenvalue weighted by atomic mass is 9.79. The van der Waals surface area contributed by atoms with E-state index in [4.69, 9.17) is 9.31 Å². The first-order chi connectivity index (χ1) is 9.32. The summed E-state index contributed by atoms with van der Waals surface area (Å²) in [6, 6.07) is 6.19. The molecule has 0 aromatic heterocycles. The molecule has 1 saturated heterocycles. The summed E-state index contributed by atoms with van der Waals surface area (Å²) < 4.78 is 12.2. The Labute approximate surface area is 120 Å². The molecule has 0 bridgehead atoms. The molecule has 3 N–H and O–H groups in total. The van der Waals surface area contributed by atoms with Crippen molar-refractivity contribution in [1.29, 1.82) is 0 Å². The van der Waals surface area contributed by atoms with Crippen LogP contribution in [-0.2, 0) is 9.31 Å². The Balaban J connectivity index is 1.84. The molecule has 1 fully saturated rings. The van der Waals surface area contributed by atoms with E-state index in [1.54, 1.807) is 0 Å². The van der Waals surface area contributed by atoms with Crippen molar-refractivity contribution < 1.29 is 9.31 Å². The highest BCUT2D eigenvalue weighted by Gasteiger charge is 2.51. The molecule has 2 aliphatic rings. The van der Waals surface area contributed by atoms with E-state index in [0.717, 1.165) is 16.8 Å². The lowest BCUT2D eigenvalue weighted by molar-refractivity contribution is 0.00578. The standard InChI is InChI=1S/C14H22BN3O2/c1-13(2)14(3,4)20-15(19-13)9-6-7-10-11(8-9)18-12(16-5)17-10/h6-8,12,16-18H,1-5H3. The van der Waals surface area contributed by atoms with E-state index >= 15 is 0 Å². The molecule has 1 aromatic carbocycles. The van der Waals surface area contributed by atoms with Crippen LogP contribution in [0.3, 0.4) is 0 Å². The molecule has 0 saturated carbocycles. The summed E-state index contributed by atoms with van der Waals surface area (Å²) in [4.78, 5) is 0. The molecule has 0 radical (unpaired) electrons. The lowest BCUT2D eigenvalue weighted by Gasteiger charge is -2.32. The second kappa shape index (κ2) is 4.38. The SMILES string of the molecule is CNC1Nc2ccc(B3OC(C)(C)C(C)(C)O3)cc2N1. The Morgan fingerprint density at radius 3 is 2.25 bits per heavy atom. The first-order valence-corrected chi connectivity index (χ1v) is 7.02. The van der Waals surface area contributed by atoms with Crippen molar-refractivity contribution >= 4 is 24.0 Å².